The zero-order chi connectivity index (χ0) is 17.9. The first-order valence-corrected chi connectivity index (χ1v) is 9.23. The summed E-state index contributed by atoms with van der Waals surface area (Å²) in [7, 11) is 0. The van der Waals surface area contributed by atoms with Gasteiger partial charge in [-0.3, -0.25) is 4.79 Å². The van der Waals surface area contributed by atoms with Crippen molar-refractivity contribution in [2.75, 3.05) is 0 Å². The second kappa shape index (κ2) is 9.92. The fraction of sp³-hybridized carbons (Fsp3) is 0.333. The quantitative estimate of drug-likeness (QED) is 0.579. The molecule has 4 N–H and O–H groups in total. The fourth-order valence-electron chi connectivity index (χ4n) is 3.91. The Hall–Kier alpha value is -2.08. The normalized spacial score (nSPS) is 19.5. The molecule has 1 heterocycles. The third kappa shape index (κ3) is 4.85. The number of nitrogens with one attached hydrogen (secondary N) is 2. The van der Waals surface area contributed by atoms with Crippen LogP contribution in [-0.2, 0) is 4.79 Å². The van der Waals surface area contributed by atoms with Crippen LogP contribution in [0.25, 0.3) is 11.0 Å². The van der Waals surface area contributed by atoms with Crippen molar-refractivity contribution in [3.05, 3.63) is 66.0 Å². The van der Waals surface area contributed by atoms with Crippen LogP contribution in [0.2, 0.25) is 0 Å². The summed E-state index contributed by atoms with van der Waals surface area (Å²) in [5.74, 6) is 0.354. The molecule has 2 aromatic carbocycles. The molecule has 1 aromatic heterocycles. The molecule has 1 fully saturated rings. The number of amides is 1. The van der Waals surface area contributed by atoms with Crippen LogP contribution in [0.4, 0.5) is 0 Å². The molecule has 0 aliphatic heterocycles. The lowest BCUT2D eigenvalue weighted by molar-refractivity contribution is -0.122. The summed E-state index contributed by atoms with van der Waals surface area (Å²) < 4.78 is 0. The number of hydrogen-bond donors (Lipinski definition) is 3. The van der Waals surface area contributed by atoms with E-state index in [0.29, 0.717) is 12.3 Å². The van der Waals surface area contributed by atoms with Gasteiger partial charge < -0.3 is 16.0 Å². The van der Waals surface area contributed by atoms with E-state index in [4.69, 9.17) is 5.73 Å². The predicted octanol–water partition coefficient (Wildman–Crippen LogP) is 4.13. The number of aromatic amines is 1. The summed E-state index contributed by atoms with van der Waals surface area (Å²) in [6.07, 6.45) is 5.38. The highest BCUT2D eigenvalue weighted by Crippen LogP contribution is 2.28. The van der Waals surface area contributed by atoms with Crippen LogP contribution in [0.5, 0.6) is 0 Å². The number of nitrogens with zero attached hydrogens (tertiary/aromatic N) is 1. The molecule has 7 heteroatoms. The van der Waals surface area contributed by atoms with Crippen molar-refractivity contribution >= 4 is 41.8 Å². The number of hydrogen-bond acceptors (Lipinski definition) is 3. The van der Waals surface area contributed by atoms with Crippen molar-refractivity contribution in [2.24, 2.45) is 11.7 Å². The van der Waals surface area contributed by atoms with Crippen molar-refractivity contribution in [3.8, 4) is 0 Å². The molecule has 28 heavy (non-hydrogen) atoms. The number of benzene rings is 2. The minimum atomic E-state index is -0.186. The maximum Gasteiger partial charge on any atom is 0.221 e. The Kier molecular flexibility index (Phi) is 7.87. The number of fused-ring (bicyclic) bond motifs is 1. The lowest BCUT2D eigenvalue weighted by Gasteiger charge is -2.22. The lowest BCUT2D eigenvalue weighted by atomic mass is 9.96. The summed E-state index contributed by atoms with van der Waals surface area (Å²) in [5.41, 5.74) is 10.1. The lowest BCUT2D eigenvalue weighted by Crippen LogP contribution is -2.34. The van der Waals surface area contributed by atoms with Gasteiger partial charge >= 0.3 is 0 Å². The van der Waals surface area contributed by atoms with Crippen molar-refractivity contribution in [1.82, 2.24) is 15.3 Å². The average Bonchev–Trinajstić information content (AvgIpc) is 3.29. The van der Waals surface area contributed by atoms with E-state index in [0.717, 1.165) is 41.4 Å². The molecule has 1 amide bonds. The van der Waals surface area contributed by atoms with E-state index in [-0.39, 0.29) is 42.8 Å². The highest BCUT2D eigenvalue weighted by Gasteiger charge is 2.27. The van der Waals surface area contributed by atoms with Crippen LogP contribution in [0.15, 0.2) is 54.9 Å². The molecule has 1 aliphatic rings. The van der Waals surface area contributed by atoms with Gasteiger partial charge in [0.25, 0.3) is 0 Å². The number of aromatic nitrogens is 2. The standard InChI is InChI=1S/C21H24N4O.2ClH/c22-17-8-4-7-15(17)12-20(26)25-21(14-5-2-1-3-6-14)16-9-10-18-19(11-16)24-13-23-18;;/h1-3,5-6,9-11,13,15,17,21H,4,7-8,12,22H2,(H,23,24)(H,25,26);2*1H/t15-,17+,21?;;/m0../s1. The summed E-state index contributed by atoms with van der Waals surface area (Å²) in [6, 6.07) is 16.1. The molecular weight excluding hydrogens is 395 g/mol. The molecule has 5 nitrogen and oxygen atoms in total. The molecule has 3 aromatic rings. The van der Waals surface area contributed by atoms with Crippen LogP contribution in [0.1, 0.15) is 42.9 Å². The Morgan fingerprint density at radius 3 is 2.64 bits per heavy atom. The number of nitrogens with two attached hydrogens (primary N) is 1. The zero-order valence-electron chi connectivity index (χ0n) is 15.5. The number of halogens is 2. The highest BCUT2D eigenvalue weighted by atomic mass is 35.5. The van der Waals surface area contributed by atoms with Crippen molar-refractivity contribution in [3.63, 3.8) is 0 Å². The molecular formula is C21H26Cl2N4O. The fourth-order valence-corrected chi connectivity index (χ4v) is 3.91. The molecule has 0 radical (unpaired) electrons. The van der Waals surface area contributed by atoms with Gasteiger partial charge in [-0.15, -0.1) is 24.8 Å². The zero-order valence-corrected chi connectivity index (χ0v) is 17.1. The predicted molar refractivity (Wildman–Crippen MR) is 117 cm³/mol. The minimum absolute atomic E-state index is 0. The summed E-state index contributed by atoms with van der Waals surface area (Å²) in [5, 5.41) is 3.23. The summed E-state index contributed by atoms with van der Waals surface area (Å²) in [6.45, 7) is 0. The Morgan fingerprint density at radius 2 is 1.93 bits per heavy atom. The first-order chi connectivity index (χ1) is 12.7. The van der Waals surface area contributed by atoms with Gasteiger partial charge in [0.05, 0.1) is 23.4 Å². The van der Waals surface area contributed by atoms with Gasteiger partial charge in [0.1, 0.15) is 0 Å². The molecule has 1 saturated carbocycles. The van der Waals surface area contributed by atoms with Crippen LogP contribution >= 0.6 is 24.8 Å². The number of rotatable bonds is 5. The number of carbonyl (C=O) groups excluding carboxylic acids is 1. The Morgan fingerprint density at radius 1 is 1.14 bits per heavy atom. The molecule has 150 valence electrons. The van der Waals surface area contributed by atoms with Gasteiger partial charge in [-0.05, 0) is 42.0 Å². The first kappa shape index (κ1) is 22.2. The van der Waals surface area contributed by atoms with Gasteiger partial charge in [-0.1, -0.05) is 42.8 Å². The van der Waals surface area contributed by atoms with Crippen molar-refractivity contribution in [2.45, 2.75) is 37.8 Å². The molecule has 1 unspecified atom stereocenters. The SMILES string of the molecule is Cl.Cl.N[C@@H]1CCC[C@H]1CC(=O)NC(c1ccccc1)c1ccc2nc[nH]c2c1. The van der Waals surface area contributed by atoms with Crippen LogP contribution < -0.4 is 11.1 Å². The van der Waals surface area contributed by atoms with Crippen LogP contribution in [0, 0.1) is 5.92 Å². The van der Waals surface area contributed by atoms with Crippen LogP contribution in [-0.4, -0.2) is 21.9 Å². The summed E-state index contributed by atoms with van der Waals surface area (Å²) in [4.78, 5) is 20.1. The molecule has 0 bridgehead atoms. The molecule has 0 spiro atoms. The molecule has 0 saturated heterocycles. The first-order valence-electron chi connectivity index (χ1n) is 9.23. The monoisotopic (exact) mass is 420 g/mol. The Labute approximate surface area is 177 Å². The minimum Gasteiger partial charge on any atom is -0.345 e. The van der Waals surface area contributed by atoms with E-state index in [9.17, 15) is 4.79 Å². The average molecular weight is 421 g/mol. The van der Waals surface area contributed by atoms with E-state index in [2.05, 4.69) is 21.4 Å². The third-order valence-corrected chi connectivity index (χ3v) is 5.38. The molecule has 3 atom stereocenters. The Balaban J connectivity index is 0.00000140. The largest absolute Gasteiger partial charge is 0.345 e. The number of H-pyrrole nitrogens is 1. The number of carbonyl (C=O) groups is 1. The van der Waals surface area contributed by atoms with Crippen LogP contribution in [0.3, 0.4) is 0 Å². The van der Waals surface area contributed by atoms with E-state index in [1.54, 1.807) is 6.33 Å². The summed E-state index contributed by atoms with van der Waals surface area (Å²) >= 11 is 0. The van der Waals surface area contributed by atoms with Crippen molar-refractivity contribution in [1.29, 1.82) is 0 Å². The third-order valence-electron chi connectivity index (χ3n) is 5.38. The number of imidazole rings is 1. The van der Waals surface area contributed by atoms with E-state index >= 15 is 0 Å². The maximum absolute atomic E-state index is 12.7. The van der Waals surface area contributed by atoms with E-state index < -0.39 is 0 Å². The van der Waals surface area contributed by atoms with E-state index in [1.807, 2.05) is 42.5 Å². The van der Waals surface area contributed by atoms with Gasteiger partial charge in [0.2, 0.25) is 5.91 Å². The Bertz CT molecular complexity index is 900. The second-order valence-electron chi connectivity index (χ2n) is 7.15. The van der Waals surface area contributed by atoms with Gasteiger partial charge in [-0.2, -0.15) is 0 Å². The molecule has 1 aliphatic carbocycles. The topological polar surface area (TPSA) is 83.8 Å². The van der Waals surface area contributed by atoms with Crippen molar-refractivity contribution < 1.29 is 4.79 Å². The molecule has 4 rings (SSSR count). The van der Waals surface area contributed by atoms with Gasteiger partial charge in [-0.25, -0.2) is 4.98 Å². The van der Waals surface area contributed by atoms with Gasteiger partial charge in [0.15, 0.2) is 0 Å². The maximum atomic E-state index is 12.7. The second-order valence-corrected chi connectivity index (χ2v) is 7.15. The smallest absolute Gasteiger partial charge is 0.221 e. The highest BCUT2D eigenvalue weighted by molar-refractivity contribution is 5.85. The van der Waals surface area contributed by atoms with E-state index in [1.165, 1.54) is 0 Å². The van der Waals surface area contributed by atoms with Gasteiger partial charge in [0, 0.05) is 12.5 Å².